The maximum atomic E-state index is 6.03. The van der Waals surface area contributed by atoms with E-state index in [4.69, 9.17) is 5.73 Å². The van der Waals surface area contributed by atoms with Crippen molar-refractivity contribution in [3.8, 4) is 0 Å². The van der Waals surface area contributed by atoms with Crippen molar-refractivity contribution in [3.63, 3.8) is 0 Å². The van der Waals surface area contributed by atoms with Crippen molar-refractivity contribution < 1.29 is 0 Å². The fourth-order valence-electron chi connectivity index (χ4n) is 2.13. The summed E-state index contributed by atoms with van der Waals surface area (Å²) in [4.78, 5) is 0. The van der Waals surface area contributed by atoms with Crippen LogP contribution >= 0.6 is 11.8 Å². The minimum atomic E-state index is 0.435. The van der Waals surface area contributed by atoms with Crippen molar-refractivity contribution in [1.29, 1.82) is 0 Å². The number of hydrogen-bond donors (Lipinski definition) is 1. The topological polar surface area (TPSA) is 56.7 Å². The van der Waals surface area contributed by atoms with E-state index in [1.54, 1.807) is 18.1 Å². The normalized spacial score (nSPS) is 26.0. The summed E-state index contributed by atoms with van der Waals surface area (Å²) in [5.74, 6) is 1.83. The van der Waals surface area contributed by atoms with Gasteiger partial charge in [-0.25, -0.2) is 0 Å². The molecule has 0 amide bonds. The van der Waals surface area contributed by atoms with Crippen LogP contribution in [0.25, 0.3) is 0 Å². The summed E-state index contributed by atoms with van der Waals surface area (Å²) in [6.07, 6.45) is 6.77. The molecule has 2 atom stereocenters. The van der Waals surface area contributed by atoms with Crippen LogP contribution in [0.3, 0.4) is 0 Å². The SMILES string of the molecule is Cn1cnnc1SCCC1CCCC1N. The van der Waals surface area contributed by atoms with E-state index in [2.05, 4.69) is 10.2 Å². The zero-order chi connectivity index (χ0) is 10.7. The first kappa shape index (κ1) is 11.0. The maximum Gasteiger partial charge on any atom is 0.190 e. The number of hydrogen-bond acceptors (Lipinski definition) is 4. The molecule has 4 nitrogen and oxygen atoms in total. The average Bonchev–Trinajstić information content (AvgIpc) is 2.78. The van der Waals surface area contributed by atoms with Crippen LogP contribution in [0.2, 0.25) is 0 Å². The fraction of sp³-hybridized carbons (Fsp3) is 0.800. The minimum absolute atomic E-state index is 0.435. The third kappa shape index (κ3) is 2.72. The van der Waals surface area contributed by atoms with Crippen molar-refractivity contribution in [3.05, 3.63) is 6.33 Å². The van der Waals surface area contributed by atoms with Crippen LogP contribution < -0.4 is 5.73 Å². The second-order valence-electron chi connectivity index (χ2n) is 4.22. The first-order chi connectivity index (χ1) is 7.27. The molecule has 84 valence electrons. The molecule has 0 saturated heterocycles. The molecule has 0 aliphatic heterocycles. The van der Waals surface area contributed by atoms with Crippen LogP contribution in [-0.4, -0.2) is 26.6 Å². The lowest BCUT2D eigenvalue weighted by Crippen LogP contribution is -2.24. The Bertz CT molecular complexity index is 312. The molecule has 1 aliphatic rings. The molecule has 1 fully saturated rings. The molecule has 1 aromatic heterocycles. The van der Waals surface area contributed by atoms with E-state index in [-0.39, 0.29) is 0 Å². The maximum absolute atomic E-state index is 6.03. The summed E-state index contributed by atoms with van der Waals surface area (Å²) in [6, 6.07) is 0.435. The quantitative estimate of drug-likeness (QED) is 0.789. The summed E-state index contributed by atoms with van der Waals surface area (Å²) >= 11 is 1.78. The predicted octanol–water partition coefficient (Wildman–Crippen LogP) is 1.42. The molecular formula is C10H18N4S. The van der Waals surface area contributed by atoms with Crippen molar-refractivity contribution in [2.75, 3.05) is 5.75 Å². The lowest BCUT2D eigenvalue weighted by atomic mass is 10.0. The van der Waals surface area contributed by atoms with Crippen LogP contribution in [0.5, 0.6) is 0 Å². The summed E-state index contributed by atoms with van der Waals surface area (Å²) in [6.45, 7) is 0. The molecule has 1 aliphatic carbocycles. The second-order valence-corrected chi connectivity index (χ2v) is 5.28. The van der Waals surface area contributed by atoms with E-state index in [1.165, 1.54) is 25.7 Å². The molecule has 1 saturated carbocycles. The molecule has 1 heterocycles. The highest BCUT2D eigenvalue weighted by Gasteiger charge is 2.23. The first-order valence-electron chi connectivity index (χ1n) is 5.50. The number of aromatic nitrogens is 3. The molecular weight excluding hydrogens is 208 g/mol. The number of aryl methyl sites for hydroxylation is 1. The van der Waals surface area contributed by atoms with Crippen molar-refractivity contribution >= 4 is 11.8 Å². The summed E-state index contributed by atoms with van der Waals surface area (Å²) in [5.41, 5.74) is 6.03. The Hall–Kier alpha value is -0.550. The monoisotopic (exact) mass is 226 g/mol. The van der Waals surface area contributed by atoms with Gasteiger partial charge in [0.1, 0.15) is 6.33 Å². The van der Waals surface area contributed by atoms with Gasteiger partial charge in [0.25, 0.3) is 0 Å². The molecule has 2 N–H and O–H groups in total. The van der Waals surface area contributed by atoms with Crippen molar-refractivity contribution in [2.45, 2.75) is 36.9 Å². The van der Waals surface area contributed by atoms with E-state index in [0.717, 1.165) is 16.8 Å². The Balaban J connectivity index is 1.73. The lowest BCUT2D eigenvalue weighted by molar-refractivity contribution is 0.470. The number of thioether (sulfide) groups is 1. The highest BCUT2D eigenvalue weighted by Crippen LogP contribution is 2.29. The Morgan fingerprint density at radius 1 is 1.60 bits per heavy atom. The molecule has 2 rings (SSSR count). The Labute approximate surface area is 94.6 Å². The summed E-state index contributed by atoms with van der Waals surface area (Å²) in [5, 5.41) is 8.90. The number of nitrogens with zero attached hydrogens (tertiary/aromatic N) is 3. The number of rotatable bonds is 4. The van der Waals surface area contributed by atoms with Gasteiger partial charge >= 0.3 is 0 Å². The van der Waals surface area contributed by atoms with Crippen LogP contribution in [0.1, 0.15) is 25.7 Å². The van der Waals surface area contributed by atoms with Crippen molar-refractivity contribution in [2.24, 2.45) is 18.7 Å². The third-order valence-electron chi connectivity index (χ3n) is 3.11. The van der Waals surface area contributed by atoms with E-state index in [0.29, 0.717) is 6.04 Å². The molecule has 5 heteroatoms. The molecule has 0 aromatic carbocycles. The van der Waals surface area contributed by atoms with E-state index >= 15 is 0 Å². The zero-order valence-corrected chi connectivity index (χ0v) is 9.91. The van der Waals surface area contributed by atoms with Crippen molar-refractivity contribution in [1.82, 2.24) is 14.8 Å². The minimum Gasteiger partial charge on any atom is -0.327 e. The van der Waals surface area contributed by atoms with Gasteiger partial charge in [0.2, 0.25) is 0 Å². The summed E-state index contributed by atoms with van der Waals surface area (Å²) < 4.78 is 1.96. The van der Waals surface area contributed by atoms with Gasteiger partial charge in [-0.05, 0) is 25.2 Å². The highest BCUT2D eigenvalue weighted by atomic mass is 32.2. The molecule has 0 bridgehead atoms. The average molecular weight is 226 g/mol. The van der Waals surface area contributed by atoms with E-state index < -0.39 is 0 Å². The van der Waals surface area contributed by atoms with Crippen LogP contribution in [0.4, 0.5) is 0 Å². The van der Waals surface area contributed by atoms with E-state index in [1.807, 2.05) is 11.6 Å². The fourth-order valence-corrected chi connectivity index (χ4v) is 3.09. The first-order valence-corrected chi connectivity index (χ1v) is 6.48. The number of nitrogens with two attached hydrogens (primary N) is 1. The molecule has 0 radical (unpaired) electrons. The molecule has 0 spiro atoms. The van der Waals surface area contributed by atoms with Crippen LogP contribution in [0, 0.1) is 5.92 Å². The predicted molar refractivity (Wildman–Crippen MR) is 61.7 cm³/mol. The molecule has 15 heavy (non-hydrogen) atoms. The van der Waals surface area contributed by atoms with Gasteiger partial charge in [0.05, 0.1) is 0 Å². The van der Waals surface area contributed by atoms with Crippen LogP contribution in [0.15, 0.2) is 11.5 Å². The van der Waals surface area contributed by atoms with Gasteiger partial charge in [0.15, 0.2) is 5.16 Å². The molecule has 1 aromatic rings. The third-order valence-corrected chi connectivity index (χ3v) is 4.18. The Kier molecular flexibility index (Phi) is 3.64. The van der Waals surface area contributed by atoms with E-state index in [9.17, 15) is 0 Å². The summed E-state index contributed by atoms with van der Waals surface area (Å²) in [7, 11) is 1.98. The Morgan fingerprint density at radius 3 is 3.07 bits per heavy atom. The standard InChI is InChI=1S/C10H18N4S/c1-14-7-12-13-10(14)15-6-5-8-3-2-4-9(8)11/h7-9H,2-6,11H2,1H3. The van der Waals surface area contributed by atoms with Gasteiger partial charge < -0.3 is 10.3 Å². The second kappa shape index (κ2) is 4.99. The van der Waals surface area contributed by atoms with Gasteiger partial charge in [-0.2, -0.15) is 0 Å². The Morgan fingerprint density at radius 2 is 2.47 bits per heavy atom. The van der Waals surface area contributed by atoms with Gasteiger partial charge in [-0.3, -0.25) is 0 Å². The molecule has 2 unspecified atom stereocenters. The smallest absolute Gasteiger partial charge is 0.190 e. The lowest BCUT2D eigenvalue weighted by Gasteiger charge is -2.13. The largest absolute Gasteiger partial charge is 0.327 e. The van der Waals surface area contributed by atoms with Gasteiger partial charge in [0, 0.05) is 18.8 Å². The van der Waals surface area contributed by atoms with Crippen LogP contribution in [-0.2, 0) is 7.05 Å². The van der Waals surface area contributed by atoms with Gasteiger partial charge in [-0.15, -0.1) is 10.2 Å². The highest BCUT2D eigenvalue weighted by molar-refractivity contribution is 7.99. The van der Waals surface area contributed by atoms with Gasteiger partial charge in [-0.1, -0.05) is 18.2 Å². The zero-order valence-electron chi connectivity index (χ0n) is 9.09.